The maximum atomic E-state index is 6.19. The van der Waals surface area contributed by atoms with Crippen molar-refractivity contribution >= 4 is 29.0 Å². The summed E-state index contributed by atoms with van der Waals surface area (Å²) < 4.78 is 0. The summed E-state index contributed by atoms with van der Waals surface area (Å²) in [5.74, 6) is 0.893. The fraction of sp³-hybridized carbons (Fsp3) is 0. The normalized spacial score (nSPS) is 12.0. The van der Waals surface area contributed by atoms with E-state index in [0.717, 1.165) is 16.7 Å². The molecule has 0 fully saturated rings. The monoisotopic (exact) mass is 359 g/mol. The maximum Gasteiger partial charge on any atom is 0.162 e. The molecule has 3 aromatic carbocycles. The van der Waals surface area contributed by atoms with Crippen molar-refractivity contribution in [1.82, 2.24) is 0 Å². The van der Waals surface area contributed by atoms with Gasteiger partial charge in [0.05, 0.1) is 5.70 Å². The van der Waals surface area contributed by atoms with Gasteiger partial charge in [0, 0.05) is 21.7 Å². The zero-order chi connectivity index (χ0) is 18.4. The third-order valence-electron chi connectivity index (χ3n) is 3.73. The molecule has 0 bridgehead atoms. The summed E-state index contributed by atoms with van der Waals surface area (Å²) in [6.45, 7) is 4.06. The van der Waals surface area contributed by atoms with Crippen LogP contribution in [0.5, 0.6) is 0 Å². The number of aliphatic imine (C=N–C) groups is 2. The third kappa shape index (κ3) is 4.47. The van der Waals surface area contributed by atoms with Crippen molar-refractivity contribution in [2.45, 2.75) is 0 Å². The Morgan fingerprint density at radius 2 is 1.31 bits per heavy atom. The molecular weight excluding hydrogens is 342 g/mol. The number of benzene rings is 3. The molecule has 0 spiro atoms. The summed E-state index contributed by atoms with van der Waals surface area (Å²) in [4.78, 5) is 9.18. The number of nitrogens with zero attached hydrogens (tertiary/aromatic N) is 2. The van der Waals surface area contributed by atoms with Gasteiger partial charge in [-0.25, -0.2) is 9.98 Å². The second kappa shape index (κ2) is 8.28. The Morgan fingerprint density at radius 3 is 1.92 bits per heavy atom. The zero-order valence-electron chi connectivity index (χ0n) is 14.1. The molecule has 0 atom stereocenters. The smallest absolute Gasteiger partial charge is 0.162 e. The van der Waals surface area contributed by atoms with Crippen LogP contribution in [-0.2, 0) is 0 Å². The van der Waals surface area contributed by atoms with Crippen molar-refractivity contribution in [1.29, 1.82) is 0 Å². The lowest BCUT2D eigenvalue weighted by molar-refractivity contribution is 1.43. The van der Waals surface area contributed by atoms with Gasteiger partial charge in [-0.2, -0.15) is 0 Å². The van der Waals surface area contributed by atoms with Gasteiger partial charge in [-0.3, -0.25) is 0 Å². The first kappa shape index (κ1) is 17.6. The molecule has 0 heterocycles. The molecule has 3 nitrogen and oxygen atoms in total. The van der Waals surface area contributed by atoms with Crippen LogP contribution >= 0.6 is 11.6 Å². The average molecular weight is 360 g/mol. The highest BCUT2D eigenvalue weighted by molar-refractivity contribution is 6.30. The summed E-state index contributed by atoms with van der Waals surface area (Å²) in [5, 5.41) is 0.632. The van der Waals surface area contributed by atoms with Crippen LogP contribution in [0.3, 0.4) is 0 Å². The topological polar surface area (TPSA) is 50.7 Å². The van der Waals surface area contributed by atoms with Gasteiger partial charge >= 0.3 is 0 Å². The fourth-order valence-electron chi connectivity index (χ4n) is 2.39. The minimum atomic E-state index is 0.395. The van der Waals surface area contributed by atoms with Gasteiger partial charge in [-0.15, -0.1) is 0 Å². The van der Waals surface area contributed by atoms with Gasteiger partial charge in [0.2, 0.25) is 0 Å². The number of hydrogen-bond acceptors (Lipinski definition) is 1. The molecule has 3 rings (SSSR count). The molecule has 0 aliphatic heterocycles. The van der Waals surface area contributed by atoms with Crippen LogP contribution in [0, 0.1) is 0 Å². The van der Waals surface area contributed by atoms with Crippen molar-refractivity contribution in [3.05, 3.63) is 113 Å². The van der Waals surface area contributed by atoms with E-state index < -0.39 is 0 Å². The Hall–Kier alpha value is -3.17. The number of amidine groups is 2. The van der Waals surface area contributed by atoms with E-state index in [2.05, 4.69) is 16.6 Å². The molecule has 4 heteroatoms. The minimum Gasteiger partial charge on any atom is -0.383 e. The van der Waals surface area contributed by atoms with Crippen molar-refractivity contribution in [3.8, 4) is 0 Å². The highest BCUT2D eigenvalue weighted by atomic mass is 35.5. The SMILES string of the molecule is C=C(N=C(N=C(N)c1ccccc1)c1ccccc1)c1cccc(Cl)c1. The van der Waals surface area contributed by atoms with Gasteiger partial charge in [-0.05, 0) is 12.1 Å². The molecule has 0 unspecified atom stereocenters. The molecule has 128 valence electrons. The van der Waals surface area contributed by atoms with Crippen LogP contribution in [-0.4, -0.2) is 11.7 Å². The minimum absolute atomic E-state index is 0.395. The van der Waals surface area contributed by atoms with Crippen molar-refractivity contribution < 1.29 is 0 Å². The van der Waals surface area contributed by atoms with E-state index >= 15 is 0 Å². The quantitative estimate of drug-likeness (QED) is 0.507. The lowest BCUT2D eigenvalue weighted by Gasteiger charge is -2.07. The molecule has 3 aromatic rings. The van der Waals surface area contributed by atoms with E-state index in [-0.39, 0.29) is 0 Å². The highest BCUT2D eigenvalue weighted by Crippen LogP contribution is 2.20. The van der Waals surface area contributed by atoms with Crippen LogP contribution in [0.4, 0.5) is 0 Å². The van der Waals surface area contributed by atoms with E-state index in [0.29, 0.717) is 22.4 Å². The van der Waals surface area contributed by atoms with Crippen LogP contribution in [0.2, 0.25) is 5.02 Å². The fourth-order valence-corrected chi connectivity index (χ4v) is 2.58. The first-order valence-electron chi connectivity index (χ1n) is 8.12. The molecule has 2 N–H and O–H groups in total. The van der Waals surface area contributed by atoms with Gasteiger partial charge in [0.25, 0.3) is 0 Å². The predicted molar refractivity (Wildman–Crippen MR) is 111 cm³/mol. The summed E-state index contributed by atoms with van der Waals surface area (Å²) >= 11 is 6.07. The second-order valence-corrected chi connectivity index (χ2v) is 6.06. The second-order valence-electron chi connectivity index (χ2n) is 5.62. The Kier molecular flexibility index (Phi) is 5.62. The maximum absolute atomic E-state index is 6.19. The van der Waals surface area contributed by atoms with Crippen molar-refractivity contribution in [3.63, 3.8) is 0 Å². The summed E-state index contributed by atoms with van der Waals surface area (Å²) in [5.41, 5.74) is 9.28. The van der Waals surface area contributed by atoms with E-state index in [4.69, 9.17) is 17.3 Å². The van der Waals surface area contributed by atoms with Gasteiger partial charge < -0.3 is 5.73 Å². The van der Waals surface area contributed by atoms with Crippen molar-refractivity contribution in [2.75, 3.05) is 0 Å². The van der Waals surface area contributed by atoms with Gasteiger partial charge in [0.1, 0.15) is 5.84 Å². The summed E-state index contributed by atoms with van der Waals surface area (Å²) in [6.07, 6.45) is 0. The first-order valence-corrected chi connectivity index (χ1v) is 8.50. The average Bonchev–Trinajstić information content (AvgIpc) is 2.68. The Labute approximate surface area is 158 Å². The number of rotatable bonds is 4. The van der Waals surface area contributed by atoms with Crippen LogP contribution < -0.4 is 5.73 Å². The van der Waals surface area contributed by atoms with Gasteiger partial charge in [0.15, 0.2) is 5.84 Å². The molecular formula is C22H18ClN3. The number of halogens is 1. The first-order chi connectivity index (χ1) is 12.6. The molecule has 0 aliphatic carbocycles. The Bertz CT molecular complexity index is 961. The van der Waals surface area contributed by atoms with Crippen molar-refractivity contribution in [2.24, 2.45) is 15.7 Å². The van der Waals surface area contributed by atoms with Crippen LogP contribution in [0.15, 0.2) is 101 Å². The highest BCUT2D eigenvalue weighted by Gasteiger charge is 2.07. The zero-order valence-corrected chi connectivity index (χ0v) is 14.9. The van der Waals surface area contributed by atoms with Crippen LogP contribution in [0.25, 0.3) is 5.70 Å². The Balaban J connectivity index is 2.03. The number of nitrogens with two attached hydrogens (primary N) is 1. The largest absolute Gasteiger partial charge is 0.383 e. The molecule has 0 radical (unpaired) electrons. The summed E-state index contributed by atoms with van der Waals surface area (Å²) in [6, 6.07) is 26.7. The molecule has 0 saturated heterocycles. The van der Waals surface area contributed by atoms with E-state index in [1.807, 2.05) is 84.9 Å². The van der Waals surface area contributed by atoms with Gasteiger partial charge in [-0.1, -0.05) is 91.0 Å². The standard InChI is InChI=1S/C22H18ClN3/c1-16(19-13-8-14-20(23)15-19)25-22(18-11-6-3-7-12-18)26-21(24)17-9-4-2-5-10-17/h2-15H,1H2,(H2,24,25,26). The molecule has 0 aromatic heterocycles. The lowest BCUT2D eigenvalue weighted by atomic mass is 10.1. The Morgan fingerprint density at radius 1 is 0.731 bits per heavy atom. The summed E-state index contributed by atoms with van der Waals surface area (Å²) in [7, 11) is 0. The molecule has 0 saturated carbocycles. The molecule has 0 amide bonds. The van der Waals surface area contributed by atoms with E-state index in [9.17, 15) is 0 Å². The molecule has 26 heavy (non-hydrogen) atoms. The van der Waals surface area contributed by atoms with E-state index in [1.54, 1.807) is 0 Å². The number of hydrogen-bond donors (Lipinski definition) is 1. The molecule has 0 aliphatic rings. The predicted octanol–water partition coefficient (Wildman–Crippen LogP) is 5.16. The lowest BCUT2D eigenvalue weighted by Crippen LogP contribution is -2.16. The van der Waals surface area contributed by atoms with Crippen LogP contribution in [0.1, 0.15) is 16.7 Å². The van der Waals surface area contributed by atoms with E-state index in [1.165, 1.54) is 0 Å². The third-order valence-corrected chi connectivity index (χ3v) is 3.96.